The van der Waals surface area contributed by atoms with E-state index in [0.717, 1.165) is 28.7 Å². The van der Waals surface area contributed by atoms with Crippen LogP contribution in [0, 0.1) is 0 Å². The second-order valence-corrected chi connectivity index (χ2v) is 7.06. The van der Waals surface area contributed by atoms with Gasteiger partial charge in [-0.3, -0.25) is 9.78 Å². The van der Waals surface area contributed by atoms with Gasteiger partial charge in [-0.1, -0.05) is 42.5 Å². The van der Waals surface area contributed by atoms with Gasteiger partial charge >= 0.3 is 0 Å². The lowest BCUT2D eigenvalue weighted by atomic mass is 10.1. The first kappa shape index (κ1) is 22.0. The molecule has 1 aliphatic rings. The molecule has 2 N–H and O–H groups in total. The molecule has 7 heteroatoms. The number of halogens is 1. The van der Waals surface area contributed by atoms with Crippen LogP contribution in [-0.4, -0.2) is 36.0 Å². The zero-order valence-corrected chi connectivity index (χ0v) is 19.2. The summed E-state index contributed by atoms with van der Waals surface area (Å²) in [5.41, 5.74) is 1.87. The molecule has 1 aliphatic heterocycles. The van der Waals surface area contributed by atoms with E-state index in [1.165, 1.54) is 0 Å². The largest absolute Gasteiger partial charge is 0.357 e. The third kappa shape index (κ3) is 5.08. The molecule has 0 aliphatic carbocycles. The Bertz CT molecular complexity index is 1020. The number of aromatic nitrogens is 1. The summed E-state index contributed by atoms with van der Waals surface area (Å²) in [6, 6.07) is 20.0. The minimum Gasteiger partial charge on any atom is -0.357 e. The van der Waals surface area contributed by atoms with Crippen LogP contribution in [0.25, 0.3) is 10.8 Å². The summed E-state index contributed by atoms with van der Waals surface area (Å²) >= 11 is 0. The number of pyridine rings is 1. The van der Waals surface area contributed by atoms with Crippen LogP contribution in [0.1, 0.15) is 19.0 Å². The molecule has 6 nitrogen and oxygen atoms in total. The second kappa shape index (κ2) is 10.4. The Balaban J connectivity index is 0.00000256. The average molecular weight is 515 g/mol. The number of hydrogen-bond acceptors (Lipinski definition) is 3. The molecule has 0 bridgehead atoms. The quantitative estimate of drug-likeness (QED) is 0.309. The lowest BCUT2D eigenvalue weighted by molar-refractivity contribution is -0.117. The summed E-state index contributed by atoms with van der Waals surface area (Å²) in [5.74, 6) is 0.829. The fourth-order valence-electron chi connectivity index (χ4n) is 3.64. The van der Waals surface area contributed by atoms with Crippen molar-refractivity contribution in [2.45, 2.75) is 25.9 Å². The van der Waals surface area contributed by atoms with Gasteiger partial charge in [-0.25, -0.2) is 4.99 Å². The van der Waals surface area contributed by atoms with E-state index in [9.17, 15) is 4.79 Å². The third-order valence-electron chi connectivity index (χ3n) is 5.02. The summed E-state index contributed by atoms with van der Waals surface area (Å²) in [4.78, 5) is 23.5. The molecule has 1 saturated heterocycles. The summed E-state index contributed by atoms with van der Waals surface area (Å²) < 4.78 is 0. The molecule has 1 atom stereocenters. The number of amides is 1. The van der Waals surface area contributed by atoms with Crippen molar-refractivity contribution in [1.29, 1.82) is 0 Å². The van der Waals surface area contributed by atoms with Crippen molar-refractivity contribution in [2.75, 3.05) is 18.0 Å². The van der Waals surface area contributed by atoms with Gasteiger partial charge in [-0.15, -0.1) is 24.0 Å². The number of guanidine groups is 1. The van der Waals surface area contributed by atoms with Gasteiger partial charge in [0.1, 0.15) is 0 Å². The van der Waals surface area contributed by atoms with E-state index >= 15 is 0 Å². The van der Waals surface area contributed by atoms with Crippen molar-refractivity contribution in [1.82, 2.24) is 15.6 Å². The van der Waals surface area contributed by atoms with Crippen LogP contribution in [0.3, 0.4) is 0 Å². The first-order chi connectivity index (χ1) is 14.2. The van der Waals surface area contributed by atoms with E-state index in [4.69, 9.17) is 4.99 Å². The first-order valence-electron chi connectivity index (χ1n) is 9.97. The predicted octanol–water partition coefficient (Wildman–Crippen LogP) is 3.71. The number of carbonyl (C=O) groups excluding carboxylic acids is 1. The molecule has 2 aromatic carbocycles. The Morgan fingerprint density at radius 2 is 1.90 bits per heavy atom. The molecule has 156 valence electrons. The molecule has 0 radical (unpaired) electrons. The highest BCUT2D eigenvalue weighted by atomic mass is 127. The minimum absolute atomic E-state index is 0. The number of benzene rings is 2. The number of fused-ring (bicyclic) bond motifs is 1. The van der Waals surface area contributed by atoms with Crippen LogP contribution in [0.15, 0.2) is 71.9 Å². The van der Waals surface area contributed by atoms with Gasteiger partial charge in [-0.05, 0) is 30.5 Å². The summed E-state index contributed by atoms with van der Waals surface area (Å²) in [5, 5.41) is 8.96. The van der Waals surface area contributed by atoms with Gasteiger partial charge in [0.25, 0.3) is 0 Å². The predicted molar refractivity (Wildman–Crippen MR) is 132 cm³/mol. The number of para-hydroxylation sites is 1. The zero-order valence-electron chi connectivity index (χ0n) is 16.9. The highest BCUT2D eigenvalue weighted by Gasteiger charge is 2.31. The number of carbonyl (C=O) groups is 1. The van der Waals surface area contributed by atoms with Crippen molar-refractivity contribution in [2.24, 2.45) is 4.99 Å². The maximum atomic E-state index is 12.5. The van der Waals surface area contributed by atoms with Gasteiger partial charge in [0.2, 0.25) is 5.91 Å². The summed E-state index contributed by atoms with van der Waals surface area (Å²) in [7, 11) is 0. The van der Waals surface area contributed by atoms with E-state index in [2.05, 4.69) is 27.8 Å². The molecule has 30 heavy (non-hydrogen) atoms. The third-order valence-corrected chi connectivity index (χ3v) is 5.02. The molecule has 0 saturated carbocycles. The van der Waals surface area contributed by atoms with E-state index in [1.807, 2.05) is 66.6 Å². The van der Waals surface area contributed by atoms with E-state index < -0.39 is 0 Å². The number of anilines is 1. The molecule has 2 heterocycles. The van der Waals surface area contributed by atoms with Gasteiger partial charge in [0.05, 0.1) is 18.3 Å². The van der Waals surface area contributed by atoms with Crippen molar-refractivity contribution in [3.05, 3.63) is 72.6 Å². The average Bonchev–Trinajstić information content (AvgIpc) is 3.13. The van der Waals surface area contributed by atoms with Crippen molar-refractivity contribution < 1.29 is 4.79 Å². The van der Waals surface area contributed by atoms with Crippen LogP contribution in [0.4, 0.5) is 5.69 Å². The highest BCUT2D eigenvalue weighted by Crippen LogP contribution is 2.21. The molecule has 1 aromatic heterocycles. The Hall–Kier alpha value is -2.68. The number of nitrogens with one attached hydrogen (secondary N) is 2. The van der Waals surface area contributed by atoms with Crippen LogP contribution in [-0.2, 0) is 11.3 Å². The van der Waals surface area contributed by atoms with Crippen molar-refractivity contribution in [3.63, 3.8) is 0 Å². The number of rotatable bonds is 5. The smallest absolute Gasteiger partial charge is 0.229 e. The van der Waals surface area contributed by atoms with E-state index in [-0.39, 0.29) is 35.9 Å². The van der Waals surface area contributed by atoms with Crippen LogP contribution < -0.4 is 15.5 Å². The maximum Gasteiger partial charge on any atom is 0.229 e. The standard InChI is InChI=1S/C23H25N5O.HI/c1-2-24-23(26-15-21-20-11-7-6-8-17(20)12-13-25-21)27-18-14-22(29)28(16-18)19-9-4-3-5-10-19;/h3-13,18H,2,14-16H2,1H3,(H2,24,26,27);1H. The molecular formula is C23H26IN5O. The van der Waals surface area contributed by atoms with Gasteiger partial charge in [0, 0.05) is 36.8 Å². The SMILES string of the molecule is CCNC(=NCc1nccc2ccccc12)NC1CC(=O)N(c2ccccc2)C1.I. The Morgan fingerprint density at radius 3 is 2.70 bits per heavy atom. The van der Waals surface area contributed by atoms with Gasteiger partial charge in [-0.2, -0.15) is 0 Å². The lowest BCUT2D eigenvalue weighted by Crippen LogP contribution is -2.44. The summed E-state index contributed by atoms with van der Waals surface area (Å²) in [6.07, 6.45) is 2.27. The minimum atomic E-state index is 0. The normalized spacial score (nSPS) is 16.4. The van der Waals surface area contributed by atoms with E-state index in [0.29, 0.717) is 25.5 Å². The van der Waals surface area contributed by atoms with E-state index in [1.54, 1.807) is 0 Å². The first-order valence-corrected chi connectivity index (χ1v) is 9.97. The lowest BCUT2D eigenvalue weighted by Gasteiger charge is -2.19. The second-order valence-electron chi connectivity index (χ2n) is 7.06. The van der Waals surface area contributed by atoms with Crippen molar-refractivity contribution in [3.8, 4) is 0 Å². The number of nitrogens with zero attached hydrogens (tertiary/aromatic N) is 3. The number of hydrogen-bond donors (Lipinski definition) is 2. The molecule has 1 unspecified atom stereocenters. The molecule has 4 rings (SSSR count). The number of aliphatic imine (C=N–C) groups is 1. The Morgan fingerprint density at radius 1 is 1.13 bits per heavy atom. The van der Waals surface area contributed by atoms with Crippen LogP contribution in [0.2, 0.25) is 0 Å². The van der Waals surface area contributed by atoms with Gasteiger partial charge < -0.3 is 15.5 Å². The highest BCUT2D eigenvalue weighted by molar-refractivity contribution is 14.0. The topological polar surface area (TPSA) is 69.6 Å². The summed E-state index contributed by atoms with van der Waals surface area (Å²) in [6.45, 7) is 3.88. The Labute approximate surface area is 193 Å². The fraction of sp³-hybridized carbons (Fsp3) is 0.261. The Kier molecular flexibility index (Phi) is 7.62. The monoisotopic (exact) mass is 515 g/mol. The van der Waals surface area contributed by atoms with Gasteiger partial charge in [0.15, 0.2) is 5.96 Å². The maximum absolute atomic E-state index is 12.5. The molecular weight excluding hydrogens is 489 g/mol. The molecule has 0 spiro atoms. The zero-order chi connectivity index (χ0) is 20.1. The van der Waals surface area contributed by atoms with Crippen LogP contribution in [0.5, 0.6) is 0 Å². The molecule has 3 aromatic rings. The van der Waals surface area contributed by atoms with Crippen molar-refractivity contribution >= 4 is 52.3 Å². The molecule has 1 fully saturated rings. The fourth-order valence-corrected chi connectivity index (χ4v) is 3.64. The molecule has 1 amide bonds. The van der Waals surface area contributed by atoms with Crippen LogP contribution >= 0.6 is 24.0 Å².